The molecule has 0 aromatic heterocycles. The van der Waals surface area contributed by atoms with Crippen LogP contribution >= 0.6 is 0 Å². The van der Waals surface area contributed by atoms with Crippen molar-refractivity contribution < 1.29 is 8.42 Å². The van der Waals surface area contributed by atoms with Gasteiger partial charge in [0.25, 0.3) is 0 Å². The molecule has 0 unspecified atom stereocenters. The number of benzene rings is 1. The summed E-state index contributed by atoms with van der Waals surface area (Å²) in [5, 5.41) is 0. The maximum Gasteiger partial charge on any atom is 0.214 e. The van der Waals surface area contributed by atoms with Gasteiger partial charge in [-0.05, 0) is 55.7 Å². The van der Waals surface area contributed by atoms with Crippen molar-refractivity contribution in [2.75, 3.05) is 31.9 Å². The van der Waals surface area contributed by atoms with Crippen molar-refractivity contribution in [2.45, 2.75) is 44.2 Å². The molecule has 2 fully saturated rings. The number of nitrogens with two attached hydrogens (primary N) is 1. The van der Waals surface area contributed by atoms with Crippen LogP contribution in [0.1, 0.15) is 42.9 Å². The van der Waals surface area contributed by atoms with Gasteiger partial charge in [0.05, 0.1) is 5.75 Å². The monoisotopic (exact) mass is 363 g/mol. The summed E-state index contributed by atoms with van der Waals surface area (Å²) < 4.78 is 27.6. The molecule has 0 amide bonds. The van der Waals surface area contributed by atoms with Gasteiger partial charge in [0.15, 0.2) is 0 Å². The van der Waals surface area contributed by atoms with Crippen molar-refractivity contribution in [1.82, 2.24) is 9.21 Å². The topological polar surface area (TPSA) is 66.6 Å². The Hall–Kier alpha value is -0.950. The van der Waals surface area contributed by atoms with E-state index in [0.29, 0.717) is 31.5 Å². The smallest absolute Gasteiger partial charge is 0.214 e. The van der Waals surface area contributed by atoms with Gasteiger partial charge in [-0.2, -0.15) is 4.31 Å². The zero-order chi connectivity index (χ0) is 17.4. The summed E-state index contributed by atoms with van der Waals surface area (Å²) in [4.78, 5) is 2.60. The first kappa shape index (κ1) is 17.5. The molecule has 4 rings (SSSR count). The predicted molar refractivity (Wildman–Crippen MR) is 99.8 cm³/mol. The summed E-state index contributed by atoms with van der Waals surface area (Å²) in [6.07, 6.45) is 4.73. The first-order valence-corrected chi connectivity index (χ1v) is 11.2. The molecule has 6 heteroatoms. The number of nitrogens with zero attached hydrogens (tertiary/aromatic N) is 2. The fourth-order valence-corrected chi connectivity index (χ4v) is 6.93. The van der Waals surface area contributed by atoms with E-state index in [-0.39, 0.29) is 11.8 Å². The quantitative estimate of drug-likeness (QED) is 0.885. The summed E-state index contributed by atoms with van der Waals surface area (Å²) in [6, 6.07) is 9.23. The molecule has 0 spiro atoms. The van der Waals surface area contributed by atoms with Crippen molar-refractivity contribution in [2.24, 2.45) is 11.7 Å². The third kappa shape index (κ3) is 3.25. The van der Waals surface area contributed by atoms with E-state index >= 15 is 0 Å². The van der Waals surface area contributed by atoms with Crippen LogP contribution in [0.4, 0.5) is 0 Å². The lowest BCUT2D eigenvalue weighted by Crippen LogP contribution is -2.57. The van der Waals surface area contributed by atoms with Crippen molar-refractivity contribution in [3.05, 3.63) is 35.4 Å². The molecule has 0 saturated carbocycles. The second kappa shape index (κ2) is 6.99. The van der Waals surface area contributed by atoms with Crippen LogP contribution in [0, 0.1) is 5.92 Å². The fourth-order valence-electron chi connectivity index (χ4n) is 5.08. The molecule has 0 radical (unpaired) electrons. The van der Waals surface area contributed by atoms with Crippen LogP contribution in [0.5, 0.6) is 0 Å². The third-order valence-electron chi connectivity index (χ3n) is 6.29. The summed E-state index contributed by atoms with van der Waals surface area (Å²) in [5.74, 6) is 0.667. The lowest BCUT2D eigenvalue weighted by Gasteiger charge is -2.51. The molecule has 2 N–H and O–H groups in total. The van der Waals surface area contributed by atoms with Gasteiger partial charge in [-0.25, -0.2) is 8.42 Å². The molecule has 25 heavy (non-hydrogen) atoms. The van der Waals surface area contributed by atoms with Crippen LogP contribution < -0.4 is 5.73 Å². The van der Waals surface area contributed by atoms with Gasteiger partial charge >= 0.3 is 0 Å². The molecule has 2 saturated heterocycles. The molecule has 1 aromatic rings. The maximum atomic E-state index is 12.9. The van der Waals surface area contributed by atoms with E-state index in [1.807, 2.05) is 4.31 Å². The van der Waals surface area contributed by atoms with E-state index in [1.165, 1.54) is 11.1 Å². The summed E-state index contributed by atoms with van der Waals surface area (Å²) in [6.45, 7) is 3.25. The Morgan fingerprint density at radius 2 is 2.04 bits per heavy atom. The standard InChI is InChI=1S/C19H29N3O2S/c20-9-4-12-25(23,24)22-10-3-6-16-14-21-11-8-15-5-1-2-7-17(15)19(21)13-18(16)22/h1-2,5,7,16,18-19H,3-4,6,8-14,20H2/t16-,18+,19+/m1/s1. The van der Waals surface area contributed by atoms with E-state index in [0.717, 1.165) is 38.8 Å². The molecule has 0 aliphatic carbocycles. The number of fused-ring (bicyclic) bond motifs is 4. The highest BCUT2D eigenvalue weighted by molar-refractivity contribution is 7.89. The predicted octanol–water partition coefficient (Wildman–Crippen LogP) is 1.75. The summed E-state index contributed by atoms with van der Waals surface area (Å²) in [7, 11) is -3.20. The van der Waals surface area contributed by atoms with Crippen LogP contribution in [0.25, 0.3) is 0 Å². The van der Waals surface area contributed by atoms with Crippen molar-refractivity contribution in [3.63, 3.8) is 0 Å². The third-order valence-corrected chi connectivity index (χ3v) is 8.26. The Bertz CT molecular complexity index is 721. The van der Waals surface area contributed by atoms with E-state index in [9.17, 15) is 8.42 Å². The Labute approximate surface area is 151 Å². The second-order valence-corrected chi connectivity index (χ2v) is 9.77. The highest BCUT2D eigenvalue weighted by Crippen LogP contribution is 2.43. The highest BCUT2D eigenvalue weighted by Gasteiger charge is 2.45. The van der Waals surface area contributed by atoms with E-state index in [1.54, 1.807) is 0 Å². The Morgan fingerprint density at radius 3 is 2.88 bits per heavy atom. The zero-order valence-corrected chi connectivity index (χ0v) is 15.6. The van der Waals surface area contributed by atoms with Crippen LogP contribution in [0.2, 0.25) is 0 Å². The largest absolute Gasteiger partial charge is 0.330 e. The average Bonchev–Trinajstić information content (AvgIpc) is 2.64. The van der Waals surface area contributed by atoms with Crippen molar-refractivity contribution in [3.8, 4) is 0 Å². The van der Waals surface area contributed by atoms with Gasteiger partial charge < -0.3 is 5.73 Å². The summed E-state index contributed by atoms with van der Waals surface area (Å²) >= 11 is 0. The van der Waals surface area contributed by atoms with Gasteiger partial charge in [-0.15, -0.1) is 0 Å². The Balaban J connectivity index is 1.60. The van der Waals surface area contributed by atoms with Gasteiger partial charge in [-0.1, -0.05) is 24.3 Å². The molecule has 3 atom stereocenters. The molecular formula is C19H29N3O2S. The van der Waals surface area contributed by atoms with Crippen molar-refractivity contribution in [1.29, 1.82) is 0 Å². The Morgan fingerprint density at radius 1 is 1.20 bits per heavy atom. The number of piperidine rings is 2. The molecule has 1 aromatic carbocycles. The van der Waals surface area contributed by atoms with E-state index < -0.39 is 10.0 Å². The number of sulfonamides is 1. The molecule has 3 aliphatic rings. The minimum atomic E-state index is -3.20. The minimum Gasteiger partial charge on any atom is -0.330 e. The number of hydrogen-bond acceptors (Lipinski definition) is 4. The zero-order valence-electron chi connectivity index (χ0n) is 14.8. The molecule has 5 nitrogen and oxygen atoms in total. The van der Waals surface area contributed by atoms with E-state index in [2.05, 4.69) is 29.2 Å². The average molecular weight is 364 g/mol. The summed E-state index contributed by atoms with van der Waals surface area (Å²) in [5.41, 5.74) is 8.40. The van der Waals surface area contributed by atoms with Gasteiger partial charge in [0.2, 0.25) is 10.0 Å². The fraction of sp³-hybridized carbons (Fsp3) is 0.684. The number of hydrogen-bond donors (Lipinski definition) is 1. The van der Waals surface area contributed by atoms with Crippen LogP contribution in [0.15, 0.2) is 24.3 Å². The minimum absolute atomic E-state index is 0.156. The first-order chi connectivity index (χ1) is 12.1. The second-order valence-electron chi connectivity index (χ2n) is 7.73. The maximum absolute atomic E-state index is 12.9. The first-order valence-electron chi connectivity index (χ1n) is 9.61. The van der Waals surface area contributed by atoms with Gasteiger partial charge in [0, 0.05) is 31.7 Å². The molecule has 3 aliphatic heterocycles. The molecular weight excluding hydrogens is 334 g/mol. The van der Waals surface area contributed by atoms with Crippen molar-refractivity contribution >= 4 is 10.0 Å². The van der Waals surface area contributed by atoms with Gasteiger partial charge in [0.1, 0.15) is 0 Å². The van der Waals surface area contributed by atoms with Crippen LogP contribution in [-0.2, 0) is 16.4 Å². The van der Waals surface area contributed by atoms with E-state index in [4.69, 9.17) is 5.73 Å². The van der Waals surface area contributed by atoms with Gasteiger partial charge in [-0.3, -0.25) is 4.90 Å². The highest BCUT2D eigenvalue weighted by atomic mass is 32.2. The molecule has 138 valence electrons. The normalized spacial score (nSPS) is 30.4. The Kier molecular flexibility index (Phi) is 4.88. The molecule has 3 heterocycles. The lowest BCUT2D eigenvalue weighted by molar-refractivity contribution is 0.0220. The number of rotatable bonds is 4. The molecule has 0 bridgehead atoms. The SMILES string of the molecule is NCCCS(=O)(=O)N1CCC[C@@H]2CN3CCc4ccccc4[C@@H]3C[C@@H]21. The van der Waals surface area contributed by atoms with Crippen LogP contribution in [0.3, 0.4) is 0 Å². The lowest BCUT2D eigenvalue weighted by atomic mass is 9.77. The van der Waals surface area contributed by atoms with Crippen LogP contribution in [-0.4, -0.2) is 55.6 Å².